The van der Waals surface area contributed by atoms with E-state index >= 15 is 0 Å². The lowest BCUT2D eigenvalue weighted by atomic mass is 9.99. The van der Waals surface area contributed by atoms with Crippen LogP contribution < -0.4 is 10.1 Å². The molecule has 3 aromatic carbocycles. The highest BCUT2D eigenvalue weighted by Gasteiger charge is 2.14. The van der Waals surface area contributed by atoms with Crippen molar-refractivity contribution in [3.8, 4) is 5.75 Å². The first-order chi connectivity index (χ1) is 13.6. The molecule has 0 saturated heterocycles. The van der Waals surface area contributed by atoms with E-state index in [1.54, 1.807) is 0 Å². The van der Waals surface area contributed by atoms with Crippen molar-refractivity contribution >= 4 is 5.91 Å². The topological polar surface area (TPSA) is 38.3 Å². The molecule has 144 valence electrons. The van der Waals surface area contributed by atoms with Crippen LogP contribution in [0.1, 0.15) is 34.0 Å². The zero-order valence-corrected chi connectivity index (χ0v) is 16.5. The summed E-state index contributed by atoms with van der Waals surface area (Å²) >= 11 is 0. The van der Waals surface area contributed by atoms with Crippen molar-refractivity contribution < 1.29 is 9.53 Å². The first-order valence-corrected chi connectivity index (χ1v) is 9.74. The van der Waals surface area contributed by atoms with Crippen molar-refractivity contribution in [2.45, 2.75) is 32.7 Å². The normalized spacial score (nSPS) is 11.6. The van der Waals surface area contributed by atoms with Crippen LogP contribution in [0, 0.1) is 6.92 Å². The van der Waals surface area contributed by atoms with E-state index in [2.05, 4.69) is 17.4 Å². The Morgan fingerprint density at radius 3 is 2.32 bits per heavy atom. The molecule has 3 rings (SSSR count). The zero-order chi connectivity index (χ0) is 19.8. The lowest BCUT2D eigenvalue weighted by Crippen LogP contribution is -2.37. The van der Waals surface area contributed by atoms with Crippen LogP contribution >= 0.6 is 0 Å². The van der Waals surface area contributed by atoms with E-state index in [0.717, 1.165) is 29.7 Å². The van der Waals surface area contributed by atoms with E-state index < -0.39 is 0 Å². The fourth-order valence-corrected chi connectivity index (χ4v) is 3.08. The Bertz CT molecular complexity index is 888. The average molecular weight is 373 g/mol. The number of carbonyl (C=O) groups excluding carboxylic acids is 1. The number of ether oxygens (including phenoxy) is 1. The van der Waals surface area contributed by atoms with Gasteiger partial charge in [-0.05, 0) is 56.0 Å². The van der Waals surface area contributed by atoms with E-state index in [0.29, 0.717) is 6.61 Å². The Morgan fingerprint density at radius 1 is 0.893 bits per heavy atom. The number of carbonyl (C=O) groups is 1. The number of benzene rings is 3. The van der Waals surface area contributed by atoms with Gasteiger partial charge in [0.05, 0.1) is 6.04 Å². The molecule has 0 fully saturated rings. The summed E-state index contributed by atoms with van der Waals surface area (Å²) in [5.74, 6) is 0.763. The molecule has 0 aliphatic rings. The Morgan fingerprint density at radius 2 is 1.57 bits per heavy atom. The predicted octanol–water partition coefficient (Wildman–Crippen LogP) is 4.98. The summed E-state index contributed by atoms with van der Waals surface area (Å²) in [6, 6.07) is 26.0. The summed E-state index contributed by atoms with van der Waals surface area (Å²) in [7, 11) is 0. The minimum absolute atomic E-state index is 0.0522. The quantitative estimate of drug-likeness (QED) is 0.605. The minimum atomic E-state index is -0.0871. The van der Waals surface area contributed by atoms with Gasteiger partial charge in [0, 0.05) is 5.56 Å². The van der Waals surface area contributed by atoms with Crippen LogP contribution in [-0.2, 0) is 12.8 Å². The van der Waals surface area contributed by atoms with E-state index in [4.69, 9.17) is 4.74 Å². The molecule has 28 heavy (non-hydrogen) atoms. The number of hydrogen-bond acceptors (Lipinski definition) is 2. The van der Waals surface area contributed by atoms with Crippen molar-refractivity contribution in [2.24, 2.45) is 0 Å². The molecule has 1 N–H and O–H groups in total. The smallest absolute Gasteiger partial charge is 0.251 e. The third-order valence-electron chi connectivity index (χ3n) is 4.69. The summed E-state index contributed by atoms with van der Waals surface area (Å²) in [5, 5.41) is 3.05. The van der Waals surface area contributed by atoms with Gasteiger partial charge >= 0.3 is 0 Å². The SMILES string of the molecule is Cc1ccc(OCC(C)NC(=O)c2ccccc2CCc2ccccc2)cc1. The summed E-state index contributed by atoms with van der Waals surface area (Å²) in [6.45, 7) is 4.43. The van der Waals surface area contributed by atoms with Crippen molar-refractivity contribution in [3.05, 3.63) is 101 Å². The van der Waals surface area contributed by atoms with E-state index in [-0.39, 0.29) is 11.9 Å². The lowest BCUT2D eigenvalue weighted by molar-refractivity contribution is 0.0925. The molecule has 0 saturated carbocycles. The Hall–Kier alpha value is -3.07. The second-order valence-electron chi connectivity index (χ2n) is 7.14. The number of rotatable bonds is 8. The summed E-state index contributed by atoms with van der Waals surface area (Å²) in [4.78, 5) is 12.8. The van der Waals surface area contributed by atoms with E-state index in [1.165, 1.54) is 11.1 Å². The van der Waals surface area contributed by atoms with Crippen LogP contribution in [0.25, 0.3) is 0 Å². The molecule has 0 aromatic heterocycles. The highest BCUT2D eigenvalue weighted by molar-refractivity contribution is 5.95. The maximum Gasteiger partial charge on any atom is 0.251 e. The monoisotopic (exact) mass is 373 g/mol. The minimum Gasteiger partial charge on any atom is -0.491 e. The third-order valence-corrected chi connectivity index (χ3v) is 4.69. The van der Waals surface area contributed by atoms with Gasteiger partial charge in [0.25, 0.3) is 5.91 Å². The molecule has 3 heteroatoms. The fraction of sp³-hybridized carbons (Fsp3) is 0.240. The van der Waals surface area contributed by atoms with E-state index in [9.17, 15) is 4.79 Å². The second kappa shape index (κ2) is 9.75. The number of hydrogen-bond donors (Lipinski definition) is 1. The highest BCUT2D eigenvalue weighted by Crippen LogP contribution is 2.14. The molecule has 1 unspecified atom stereocenters. The van der Waals surface area contributed by atoms with Crippen LogP contribution in [0.2, 0.25) is 0 Å². The number of nitrogens with one attached hydrogen (secondary N) is 1. The van der Waals surface area contributed by atoms with Crippen molar-refractivity contribution in [2.75, 3.05) is 6.61 Å². The Labute approximate surface area is 167 Å². The molecule has 0 bridgehead atoms. The molecule has 0 aliphatic heterocycles. The molecule has 1 amide bonds. The van der Waals surface area contributed by atoms with Gasteiger partial charge in [0.1, 0.15) is 12.4 Å². The van der Waals surface area contributed by atoms with Crippen LogP contribution in [0.3, 0.4) is 0 Å². The standard InChI is InChI=1S/C25H27NO2/c1-19-12-16-23(17-13-19)28-18-20(2)26-25(27)24-11-7-6-10-22(24)15-14-21-8-4-3-5-9-21/h3-13,16-17,20H,14-15,18H2,1-2H3,(H,26,27). The third kappa shape index (κ3) is 5.71. The van der Waals surface area contributed by atoms with Gasteiger partial charge in [0.15, 0.2) is 0 Å². The molecule has 3 aromatic rings. The van der Waals surface area contributed by atoms with Gasteiger partial charge in [0.2, 0.25) is 0 Å². The van der Waals surface area contributed by atoms with Gasteiger partial charge in [-0.3, -0.25) is 4.79 Å². The number of amides is 1. The maximum atomic E-state index is 12.8. The molecular formula is C25H27NO2. The van der Waals surface area contributed by atoms with Crippen molar-refractivity contribution in [3.63, 3.8) is 0 Å². The maximum absolute atomic E-state index is 12.8. The summed E-state index contributed by atoms with van der Waals surface area (Å²) in [5.41, 5.74) is 4.27. The van der Waals surface area contributed by atoms with Gasteiger partial charge in [-0.2, -0.15) is 0 Å². The van der Waals surface area contributed by atoms with Gasteiger partial charge in [-0.15, -0.1) is 0 Å². The van der Waals surface area contributed by atoms with Crippen LogP contribution in [0.15, 0.2) is 78.9 Å². The molecule has 3 nitrogen and oxygen atoms in total. The second-order valence-corrected chi connectivity index (χ2v) is 7.14. The first kappa shape index (κ1) is 19.7. The lowest BCUT2D eigenvalue weighted by Gasteiger charge is -2.17. The first-order valence-electron chi connectivity index (χ1n) is 9.74. The molecule has 1 atom stereocenters. The summed E-state index contributed by atoms with van der Waals surface area (Å²) in [6.07, 6.45) is 1.75. The summed E-state index contributed by atoms with van der Waals surface area (Å²) < 4.78 is 5.78. The van der Waals surface area contributed by atoms with Crippen LogP contribution in [-0.4, -0.2) is 18.6 Å². The fourth-order valence-electron chi connectivity index (χ4n) is 3.08. The number of aryl methyl sites for hydroxylation is 3. The Balaban J connectivity index is 1.56. The molecular weight excluding hydrogens is 346 g/mol. The largest absolute Gasteiger partial charge is 0.491 e. The Kier molecular flexibility index (Phi) is 6.85. The van der Waals surface area contributed by atoms with Crippen molar-refractivity contribution in [1.29, 1.82) is 0 Å². The molecule has 0 heterocycles. The van der Waals surface area contributed by atoms with E-state index in [1.807, 2.05) is 80.6 Å². The molecule has 0 spiro atoms. The van der Waals surface area contributed by atoms with Gasteiger partial charge < -0.3 is 10.1 Å². The predicted molar refractivity (Wildman–Crippen MR) is 114 cm³/mol. The average Bonchev–Trinajstić information content (AvgIpc) is 2.73. The molecule has 0 aliphatic carbocycles. The van der Waals surface area contributed by atoms with Gasteiger partial charge in [-0.25, -0.2) is 0 Å². The molecule has 0 radical (unpaired) electrons. The van der Waals surface area contributed by atoms with Gasteiger partial charge in [-0.1, -0.05) is 66.2 Å². The highest BCUT2D eigenvalue weighted by atomic mass is 16.5. The van der Waals surface area contributed by atoms with Crippen LogP contribution in [0.5, 0.6) is 5.75 Å². The zero-order valence-electron chi connectivity index (χ0n) is 16.5. The van der Waals surface area contributed by atoms with Crippen molar-refractivity contribution in [1.82, 2.24) is 5.32 Å². The van der Waals surface area contributed by atoms with Crippen LogP contribution in [0.4, 0.5) is 0 Å².